The summed E-state index contributed by atoms with van der Waals surface area (Å²) >= 11 is 0. The van der Waals surface area contributed by atoms with Crippen LogP contribution in [0.2, 0.25) is 0 Å². The Morgan fingerprint density at radius 1 is 1.36 bits per heavy atom. The average Bonchev–Trinajstić information content (AvgIpc) is 2.26. The van der Waals surface area contributed by atoms with Crippen LogP contribution in [0.25, 0.3) is 0 Å². The van der Waals surface area contributed by atoms with Crippen molar-refractivity contribution in [2.45, 2.75) is 46.6 Å². The van der Waals surface area contributed by atoms with E-state index >= 15 is 0 Å². The predicted octanol–water partition coefficient (Wildman–Crippen LogP) is 2.93. The molecule has 0 bridgehead atoms. The molecule has 1 aromatic rings. The number of rotatable bonds is 1. The lowest BCUT2D eigenvalue weighted by atomic mass is 10.1. The number of nitrogens with zero attached hydrogens (tertiary/aromatic N) is 2. The average molecular weight is 190 g/mol. The summed E-state index contributed by atoms with van der Waals surface area (Å²) in [5.74, 6) is 0. The van der Waals surface area contributed by atoms with E-state index in [1.807, 2.05) is 0 Å². The molecule has 0 N–H and O–H groups in total. The summed E-state index contributed by atoms with van der Waals surface area (Å²) in [6.45, 7) is 10.7. The number of hydrogen-bond acceptors (Lipinski definition) is 1. The van der Waals surface area contributed by atoms with Gasteiger partial charge in [0.15, 0.2) is 0 Å². The van der Waals surface area contributed by atoms with Crippen molar-refractivity contribution in [2.75, 3.05) is 0 Å². The second-order valence-electron chi connectivity index (χ2n) is 4.74. The molecule has 0 atom stereocenters. The highest BCUT2D eigenvalue weighted by molar-refractivity contribution is 5.30. The minimum atomic E-state index is 0.0991. The van der Waals surface area contributed by atoms with Crippen LogP contribution in [0.1, 0.15) is 37.7 Å². The van der Waals surface area contributed by atoms with Gasteiger partial charge in [-0.3, -0.25) is 0 Å². The molecule has 14 heavy (non-hydrogen) atoms. The van der Waals surface area contributed by atoms with Crippen molar-refractivity contribution >= 4 is 0 Å². The molecular formula is C12H18N2. The van der Waals surface area contributed by atoms with E-state index in [1.165, 1.54) is 11.4 Å². The Labute approximate surface area is 86.2 Å². The molecule has 1 rings (SSSR count). The van der Waals surface area contributed by atoms with E-state index in [0.717, 1.165) is 5.56 Å². The topological polar surface area (TPSA) is 28.7 Å². The molecule has 0 aromatic carbocycles. The van der Waals surface area contributed by atoms with Crippen molar-refractivity contribution in [1.29, 1.82) is 5.26 Å². The van der Waals surface area contributed by atoms with E-state index in [9.17, 15) is 0 Å². The fourth-order valence-corrected chi connectivity index (χ4v) is 2.13. The van der Waals surface area contributed by atoms with Gasteiger partial charge in [-0.05, 0) is 46.2 Å². The summed E-state index contributed by atoms with van der Waals surface area (Å²) in [6, 6.07) is 4.32. The van der Waals surface area contributed by atoms with Crippen LogP contribution in [0, 0.1) is 25.2 Å². The van der Waals surface area contributed by atoms with Gasteiger partial charge >= 0.3 is 0 Å². The first-order chi connectivity index (χ1) is 6.38. The van der Waals surface area contributed by atoms with Crippen LogP contribution in [0.4, 0.5) is 0 Å². The van der Waals surface area contributed by atoms with Gasteiger partial charge in [-0.25, -0.2) is 0 Å². The molecule has 0 spiro atoms. The van der Waals surface area contributed by atoms with Crippen LogP contribution < -0.4 is 0 Å². The maximum Gasteiger partial charge on any atom is 0.0670 e. The highest BCUT2D eigenvalue weighted by atomic mass is 15.1. The van der Waals surface area contributed by atoms with Gasteiger partial charge < -0.3 is 4.57 Å². The third-order valence-electron chi connectivity index (χ3n) is 2.48. The maximum absolute atomic E-state index is 8.69. The summed E-state index contributed by atoms with van der Waals surface area (Å²) in [7, 11) is 0. The van der Waals surface area contributed by atoms with E-state index in [4.69, 9.17) is 5.26 Å². The first-order valence-corrected chi connectivity index (χ1v) is 4.93. The third kappa shape index (κ3) is 1.82. The molecule has 76 valence electrons. The molecule has 2 nitrogen and oxygen atoms in total. The van der Waals surface area contributed by atoms with Crippen molar-refractivity contribution in [1.82, 2.24) is 4.57 Å². The molecule has 0 saturated heterocycles. The van der Waals surface area contributed by atoms with Crippen LogP contribution in [-0.4, -0.2) is 4.57 Å². The van der Waals surface area contributed by atoms with Gasteiger partial charge in [0.05, 0.1) is 12.5 Å². The lowest BCUT2D eigenvalue weighted by molar-refractivity contribution is 0.382. The smallest absolute Gasteiger partial charge is 0.0670 e. The molecule has 0 saturated carbocycles. The molecule has 0 amide bonds. The lowest BCUT2D eigenvalue weighted by Gasteiger charge is -2.25. The minimum Gasteiger partial charge on any atom is -0.344 e. The lowest BCUT2D eigenvalue weighted by Crippen LogP contribution is -2.24. The van der Waals surface area contributed by atoms with Crippen LogP contribution in [0.5, 0.6) is 0 Å². The quantitative estimate of drug-likeness (QED) is 0.669. The van der Waals surface area contributed by atoms with E-state index < -0.39 is 0 Å². The monoisotopic (exact) mass is 190 g/mol. The third-order valence-corrected chi connectivity index (χ3v) is 2.48. The molecule has 0 unspecified atom stereocenters. The van der Waals surface area contributed by atoms with Gasteiger partial charge in [0.1, 0.15) is 0 Å². The van der Waals surface area contributed by atoms with E-state index in [1.54, 1.807) is 0 Å². The number of aromatic nitrogens is 1. The van der Waals surface area contributed by atoms with Crippen molar-refractivity contribution in [3.63, 3.8) is 0 Å². The Morgan fingerprint density at radius 3 is 2.29 bits per heavy atom. The number of aryl methyl sites for hydroxylation is 1. The standard InChI is InChI=1S/C12H18N2/c1-9-8-11(6-7-13)10(2)14(9)12(3,4)5/h8H,6H2,1-5H3. The van der Waals surface area contributed by atoms with Crippen LogP contribution in [0.15, 0.2) is 6.07 Å². The molecule has 0 radical (unpaired) electrons. The molecule has 0 aliphatic rings. The Balaban J connectivity index is 3.27. The molecule has 1 heterocycles. The second kappa shape index (κ2) is 3.49. The summed E-state index contributed by atoms with van der Waals surface area (Å²) < 4.78 is 2.29. The van der Waals surface area contributed by atoms with E-state index in [0.29, 0.717) is 6.42 Å². The zero-order valence-electron chi connectivity index (χ0n) is 9.68. The van der Waals surface area contributed by atoms with Gasteiger partial charge in [0.2, 0.25) is 0 Å². The zero-order chi connectivity index (χ0) is 10.9. The van der Waals surface area contributed by atoms with Crippen LogP contribution in [0.3, 0.4) is 0 Å². The van der Waals surface area contributed by atoms with Crippen LogP contribution >= 0.6 is 0 Å². The predicted molar refractivity (Wildman–Crippen MR) is 58.2 cm³/mol. The van der Waals surface area contributed by atoms with Gasteiger partial charge in [0.25, 0.3) is 0 Å². The highest BCUT2D eigenvalue weighted by Gasteiger charge is 2.19. The molecule has 0 fully saturated rings. The van der Waals surface area contributed by atoms with E-state index in [2.05, 4.69) is 51.3 Å². The summed E-state index contributed by atoms with van der Waals surface area (Å²) in [5.41, 5.74) is 3.71. The second-order valence-corrected chi connectivity index (χ2v) is 4.74. The van der Waals surface area contributed by atoms with Crippen LogP contribution in [-0.2, 0) is 12.0 Å². The summed E-state index contributed by atoms with van der Waals surface area (Å²) in [6.07, 6.45) is 0.510. The zero-order valence-corrected chi connectivity index (χ0v) is 9.68. The first-order valence-electron chi connectivity index (χ1n) is 4.93. The van der Waals surface area contributed by atoms with E-state index in [-0.39, 0.29) is 5.54 Å². The maximum atomic E-state index is 8.69. The summed E-state index contributed by atoms with van der Waals surface area (Å²) in [5, 5.41) is 8.69. The molecule has 1 aromatic heterocycles. The molecule has 0 aliphatic carbocycles. The fraction of sp³-hybridized carbons (Fsp3) is 0.583. The largest absolute Gasteiger partial charge is 0.344 e. The van der Waals surface area contributed by atoms with Gasteiger partial charge in [0, 0.05) is 16.9 Å². The van der Waals surface area contributed by atoms with Gasteiger partial charge in [-0.2, -0.15) is 5.26 Å². The normalized spacial score (nSPS) is 11.4. The Hall–Kier alpha value is -1.23. The SMILES string of the molecule is Cc1cc(CC#N)c(C)n1C(C)(C)C. The summed E-state index contributed by atoms with van der Waals surface area (Å²) in [4.78, 5) is 0. The Kier molecular flexibility index (Phi) is 2.71. The number of hydrogen-bond donors (Lipinski definition) is 0. The fourth-order valence-electron chi connectivity index (χ4n) is 2.13. The Morgan fingerprint density at radius 2 is 1.93 bits per heavy atom. The minimum absolute atomic E-state index is 0.0991. The van der Waals surface area contributed by atoms with Crippen molar-refractivity contribution in [2.24, 2.45) is 0 Å². The Bertz CT molecular complexity index is 372. The molecule has 0 aliphatic heterocycles. The van der Waals surface area contributed by atoms with Gasteiger partial charge in [-0.15, -0.1) is 0 Å². The van der Waals surface area contributed by atoms with Crippen molar-refractivity contribution in [3.8, 4) is 6.07 Å². The highest BCUT2D eigenvalue weighted by Crippen LogP contribution is 2.24. The van der Waals surface area contributed by atoms with Gasteiger partial charge in [-0.1, -0.05) is 0 Å². The number of nitriles is 1. The first kappa shape index (κ1) is 10.8. The van der Waals surface area contributed by atoms with Crippen molar-refractivity contribution in [3.05, 3.63) is 23.0 Å². The molecular weight excluding hydrogens is 172 g/mol. The molecule has 2 heteroatoms. The van der Waals surface area contributed by atoms with Crippen molar-refractivity contribution < 1.29 is 0 Å².